The lowest BCUT2D eigenvalue weighted by Crippen LogP contribution is -2.18. The molecule has 0 bridgehead atoms. The average molecular weight is 285 g/mol. The fourth-order valence-electron chi connectivity index (χ4n) is 1.24. The monoisotopic (exact) mass is 284 g/mol. The van der Waals surface area contributed by atoms with Gasteiger partial charge in [0.2, 0.25) is 0 Å². The van der Waals surface area contributed by atoms with E-state index in [1.54, 1.807) is 12.1 Å². The summed E-state index contributed by atoms with van der Waals surface area (Å²) in [7, 11) is 0. The Morgan fingerprint density at radius 3 is 2.56 bits per heavy atom. The standard InChI is InChI=1S/C11H13BrN2O2/c1-9(12)8-13-7-6-10-2-4-11(5-3-10)14(15)16/h2-5,13H,1,6-8H2. The molecule has 1 N–H and O–H groups in total. The number of nitro benzene ring substituents is 1. The van der Waals surface area contributed by atoms with Gasteiger partial charge in [0.05, 0.1) is 4.92 Å². The smallest absolute Gasteiger partial charge is 0.269 e. The lowest BCUT2D eigenvalue weighted by atomic mass is 10.1. The predicted molar refractivity (Wildman–Crippen MR) is 67.7 cm³/mol. The van der Waals surface area contributed by atoms with Crippen LogP contribution in [0.5, 0.6) is 0 Å². The van der Waals surface area contributed by atoms with E-state index >= 15 is 0 Å². The summed E-state index contributed by atoms with van der Waals surface area (Å²) in [5, 5.41) is 13.6. The van der Waals surface area contributed by atoms with Gasteiger partial charge in [0.15, 0.2) is 0 Å². The van der Waals surface area contributed by atoms with E-state index in [2.05, 4.69) is 27.8 Å². The van der Waals surface area contributed by atoms with Crippen LogP contribution in [0.2, 0.25) is 0 Å². The third kappa shape index (κ3) is 4.55. The highest BCUT2D eigenvalue weighted by molar-refractivity contribution is 9.11. The first kappa shape index (κ1) is 12.9. The second-order valence-electron chi connectivity index (χ2n) is 3.37. The molecular weight excluding hydrogens is 272 g/mol. The molecule has 0 fully saturated rings. The number of nitro groups is 1. The molecule has 0 heterocycles. The number of nitrogens with one attached hydrogen (secondary N) is 1. The number of hydrogen-bond donors (Lipinski definition) is 1. The average Bonchev–Trinajstić information content (AvgIpc) is 2.25. The summed E-state index contributed by atoms with van der Waals surface area (Å²) in [5.41, 5.74) is 1.21. The Kier molecular flexibility index (Phi) is 5.14. The maximum absolute atomic E-state index is 10.4. The summed E-state index contributed by atoms with van der Waals surface area (Å²) in [6, 6.07) is 6.61. The molecule has 0 radical (unpaired) electrons. The molecule has 0 aromatic heterocycles. The fourth-order valence-corrected chi connectivity index (χ4v) is 1.44. The number of hydrogen-bond acceptors (Lipinski definition) is 3. The van der Waals surface area contributed by atoms with Crippen molar-refractivity contribution in [3.63, 3.8) is 0 Å². The van der Waals surface area contributed by atoms with Crippen LogP contribution in [0.25, 0.3) is 0 Å². The predicted octanol–water partition coefficient (Wildman–Crippen LogP) is 2.64. The van der Waals surface area contributed by atoms with Gasteiger partial charge in [-0.15, -0.1) is 0 Å². The van der Waals surface area contributed by atoms with E-state index in [0.717, 1.165) is 29.6 Å². The number of benzene rings is 1. The van der Waals surface area contributed by atoms with Crippen molar-refractivity contribution in [1.82, 2.24) is 5.32 Å². The normalized spacial score (nSPS) is 10.1. The maximum Gasteiger partial charge on any atom is 0.269 e. The number of nitrogens with zero attached hydrogens (tertiary/aromatic N) is 1. The van der Waals surface area contributed by atoms with Gasteiger partial charge in [-0.05, 0) is 18.5 Å². The number of non-ortho nitro benzene ring substituents is 1. The molecule has 0 aliphatic carbocycles. The molecule has 4 nitrogen and oxygen atoms in total. The van der Waals surface area contributed by atoms with Crippen molar-refractivity contribution in [1.29, 1.82) is 0 Å². The molecule has 0 saturated carbocycles. The van der Waals surface area contributed by atoms with Gasteiger partial charge in [0.1, 0.15) is 0 Å². The van der Waals surface area contributed by atoms with Crippen molar-refractivity contribution < 1.29 is 4.92 Å². The van der Waals surface area contributed by atoms with Gasteiger partial charge >= 0.3 is 0 Å². The summed E-state index contributed by atoms with van der Waals surface area (Å²) in [4.78, 5) is 10.0. The Morgan fingerprint density at radius 2 is 2.06 bits per heavy atom. The summed E-state index contributed by atoms with van der Waals surface area (Å²) < 4.78 is 0.913. The molecule has 0 saturated heterocycles. The second-order valence-corrected chi connectivity index (χ2v) is 4.49. The number of rotatable bonds is 6. The van der Waals surface area contributed by atoms with Gasteiger partial charge in [-0.3, -0.25) is 10.1 Å². The van der Waals surface area contributed by atoms with E-state index in [1.165, 1.54) is 12.1 Å². The minimum atomic E-state index is -0.392. The van der Waals surface area contributed by atoms with E-state index in [-0.39, 0.29) is 5.69 Å². The van der Waals surface area contributed by atoms with Crippen molar-refractivity contribution in [2.75, 3.05) is 13.1 Å². The lowest BCUT2D eigenvalue weighted by molar-refractivity contribution is -0.384. The molecular formula is C11H13BrN2O2. The van der Waals surface area contributed by atoms with Gasteiger partial charge in [-0.1, -0.05) is 34.6 Å². The van der Waals surface area contributed by atoms with Crippen LogP contribution in [-0.2, 0) is 6.42 Å². The number of halogens is 1. The van der Waals surface area contributed by atoms with Crippen LogP contribution in [0, 0.1) is 10.1 Å². The first-order valence-corrected chi connectivity index (χ1v) is 5.66. The second kappa shape index (κ2) is 6.40. The zero-order chi connectivity index (χ0) is 12.0. The van der Waals surface area contributed by atoms with Crippen LogP contribution in [-0.4, -0.2) is 18.0 Å². The highest BCUT2D eigenvalue weighted by Crippen LogP contribution is 2.11. The molecule has 0 atom stereocenters. The van der Waals surface area contributed by atoms with Crippen LogP contribution in [0.4, 0.5) is 5.69 Å². The van der Waals surface area contributed by atoms with E-state index in [4.69, 9.17) is 0 Å². The summed E-state index contributed by atoms with van der Waals surface area (Å²) in [6.07, 6.45) is 0.846. The Morgan fingerprint density at radius 1 is 1.44 bits per heavy atom. The van der Waals surface area contributed by atoms with Crippen LogP contribution in [0.3, 0.4) is 0 Å². The van der Waals surface area contributed by atoms with Gasteiger partial charge in [-0.2, -0.15) is 0 Å². The summed E-state index contributed by atoms with van der Waals surface area (Å²) in [5.74, 6) is 0. The minimum Gasteiger partial charge on any atom is -0.312 e. The quantitative estimate of drug-likeness (QED) is 0.496. The fraction of sp³-hybridized carbons (Fsp3) is 0.273. The Bertz CT molecular complexity index is 376. The van der Waals surface area contributed by atoms with E-state index in [0.29, 0.717) is 0 Å². The summed E-state index contributed by atoms with van der Waals surface area (Å²) >= 11 is 3.25. The molecule has 0 amide bonds. The largest absolute Gasteiger partial charge is 0.312 e. The first-order valence-electron chi connectivity index (χ1n) is 4.87. The first-order chi connectivity index (χ1) is 7.59. The van der Waals surface area contributed by atoms with Gasteiger partial charge in [0.25, 0.3) is 5.69 Å². The van der Waals surface area contributed by atoms with Crippen LogP contribution in [0.15, 0.2) is 35.3 Å². The Hall–Kier alpha value is -1.20. The highest BCUT2D eigenvalue weighted by atomic mass is 79.9. The van der Waals surface area contributed by atoms with E-state index in [1.807, 2.05) is 0 Å². The van der Waals surface area contributed by atoms with Crippen molar-refractivity contribution in [2.45, 2.75) is 6.42 Å². The maximum atomic E-state index is 10.4. The van der Waals surface area contributed by atoms with Crippen molar-refractivity contribution in [2.24, 2.45) is 0 Å². The SMILES string of the molecule is C=C(Br)CNCCc1ccc([N+](=O)[O-])cc1. The van der Waals surface area contributed by atoms with Gasteiger partial charge < -0.3 is 5.32 Å². The van der Waals surface area contributed by atoms with Crippen molar-refractivity contribution in [3.8, 4) is 0 Å². The third-order valence-corrected chi connectivity index (χ3v) is 2.33. The zero-order valence-corrected chi connectivity index (χ0v) is 10.4. The molecule has 0 spiro atoms. The van der Waals surface area contributed by atoms with Crippen molar-refractivity contribution >= 4 is 21.6 Å². The van der Waals surface area contributed by atoms with Gasteiger partial charge in [0, 0.05) is 23.2 Å². The van der Waals surface area contributed by atoms with E-state index in [9.17, 15) is 10.1 Å². The third-order valence-electron chi connectivity index (χ3n) is 2.05. The topological polar surface area (TPSA) is 55.2 Å². The minimum absolute atomic E-state index is 0.130. The zero-order valence-electron chi connectivity index (χ0n) is 8.78. The molecule has 5 heteroatoms. The van der Waals surface area contributed by atoms with Gasteiger partial charge in [-0.25, -0.2) is 0 Å². The Balaban J connectivity index is 2.38. The lowest BCUT2D eigenvalue weighted by Gasteiger charge is -2.03. The van der Waals surface area contributed by atoms with Crippen LogP contribution < -0.4 is 5.32 Å². The molecule has 1 aromatic rings. The molecule has 16 heavy (non-hydrogen) atoms. The van der Waals surface area contributed by atoms with Crippen molar-refractivity contribution in [3.05, 3.63) is 51.0 Å². The molecule has 0 unspecified atom stereocenters. The Labute approximate surface area is 103 Å². The molecule has 1 aromatic carbocycles. The van der Waals surface area contributed by atoms with Crippen LogP contribution >= 0.6 is 15.9 Å². The van der Waals surface area contributed by atoms with E-state index < -0.39 is 4.92 Å². The van der Waals surface area contributed by atoms with Crippen LogP contribution in [0.1, 0.15) is 5.56 Å². The molecule has 0 aliphatic rings. The molecule has 0 aliphatic heterocycles. The molecule has 86 valence electrons. The summed E-state index contributed by atoms with van der Waals surface area (Å²) in [6.45, 7) is 5.26. The highest BCUT2D eigenvalue weighted by Gasteiger charge is 2.03. The molecule has 1 rings (SSSR count).